The first-order valence-corrected chi connectivity index (χ1v) is 8.69. The summed E-state index contributed by atoms with van der Waals surface area (Å²) < 4.78 is 1.85. The zero-order valence-electron chi connectivity index (χ0n) is 13.8. The number of carbonyl (C=O) groups is 1. The van der Waals surface area contributed by atoms with Gasteiger partial charge in [-0.2, -0.15) is 0 Å². The molecule has 3 heterocycles. The number of fused-ring (bicyclic) bond motifs is 1. The van der Waals surface area contributed by atoms with E-state index < -0.39 is 0 Å². The summed E-state index contributed by atoms with van der Waals surface area (Å²) in [7, 11) is 0. The van der Waals surface area contributed by atoms with Crippen LogP contribution in [0.1, 0.15) is 35.1 Å². The molecule has 0 unspecified atom stereocenters. The first-order valence-electron chi connectivity index (χ1n) is 7.88. The van der Waals surface area contributed by atoms with Gasteiger partial charge in [0.2, 0.25) is 5.91 Å². The molecule has 1 fully saturated rings. The molecule has 7 heteroatoms. The van der Waals surface area contributed by atoms with E-state index in [0.29, 0.717) is 6.54 Å². The van der Waals surface area contributed by atoms with Gasteiger partial charge in [0.25, 0.3) is 5.56 Å². The van der Waals surface area contributed by atoms with Crippen LogP contribution >= 0.6 is 11.3 Å². The number of amides is 1. The van der Waals surface area contributed by atoms with E-state index in [0.717, 1.165) is 52.4 Å². The molecule has 0 aliphatic carbocycles. The van der Waals surface area contributed by atoms with Gasteiger partial charge in [0.1, 0.15) is 10.7 Å². The lowest BCUT2D eigenvalue weighted by molar-refractivity contribution is -0.119. The van der Waals surface area contributed by atoms with Crippen LogP contribution < -0.4 is 11.3 Å². The fraction of sp³-hybridized carbons (Fsp3) is 0.562. The second-order valence-corrected chi connectivity index (χ2v) is 7.47. The zero-order chi connectivity index (χ0) is 16.7. The number of nitrogens with two attached hydrogens (primary N) is 1. The maximum absolute atomic E-state index is 13.0. The summed E-state index contributed by atoms with van der Waals surface area (Å²) in [6.07, 6.45) is 1.67. The number of hydrogen-bond acceptors (Lipinski definition) is 5. The van der Waals surface area contributed by atoms with E-state index in [9.17, 15) is 9.59 Å². The Bertz CT molecular complexity index is 816. The molecule has 0 atom stereocenters. The third kappa shape index (κ3) is 2.90. The molecule has 0 radical (unpaired) electrons. The van der Waals surface area contributed by atoms with Crippen LogP contribution in [0.5, 0.6) is 0 Å². The van der Waals surface area contributed by atoms with Crippen LogP contribution in [0.15, 0.2) is 4.79 Å². The summed E-state index contributed by atoms with van der Waals surface area (Å²) in [5, 5.41) is 0.762. The molecular weight excluding hydrogens is 312 g/mol. The maximum Gasteiger partial charge on any atom is 0.262 e. The van der Waals surface area contributed by atoms with Gasteiger partial charge >= 0.3 is 0 Å². The van der Waals surface area contributed by atoms with Crippen molar-refractivity contribution < 1.29 is 4.79 Å². The first-order chi connectivity index (χ1) is 10.9. The van der Waals surface area contributed by atoms with Gasteiger partial charge in [0.15, 0.2) is 0 Å². The van der Waals surface area contributed by atoms with Gasteiger partial charge in [0.05, 0.1) is 11.9 Å². The molecule has 1 saturated heterocycles. The van der Waals surface area contributed by atoms with Crippen molar-refractivity contribution in [2.24, 2.45) is 5.73 Å². The maximum atomic E-state index is 13.0. The minimum absolute atomic E-state index is 0.0719. The van der Waals surface area contributed by atoms with E-state index in [1.807, 2.05) is 30.2 Å². The monoisotopic (exact) mass is 334 g/mol. The number of aryl methyl sites for hydroxylation is 3. The molecule has 124 valence electrons. The molecule has 0 aromatic carbocycles. The Morgan fingerprint density at radius 1 is 1.30 bits per heavy atom. The van der Waals surface area contributed by atoms with Crippen LogP contribution in [-0.2, 0) is 4.79 Å². The van der Waals surface area contributed by atoms with Crippen LogP contribution in [0.2, 0.25) is 0 Å². The van der Waals surface area contributed by atoms with Crippen molar-refractivity contribution in [2.75, 3.05) is 19.6 Å². The zero-order valence-corrected chi connectivity index (χ0v) is 14.6. The van der Waals surface area contributed by atoms with Crippen molar-refractivity contribution >= 4 is 27.5 Å². The smallest absolute Gasteiger partial charge is 0.262 e. The third-order valence-corrected chi connectivity index (χ3v) is 5.81. The van der Waals surface area contributed by atoms with Gasteiger partial charge in [-0.3, -0.25) is 19.1 Å². The highest BCUT2D eigenvalue weighted by molar-refractivity contribution is 7.18. The topological polar surface area (TPSA) is 81.2 Å². The quantitative estimate of drug-likeness (QED) is 0.922. The number of hydrogen-bond donors (Lipinski definition) is 1. The lowest BCUT2D eigenvalue weighted by atomic mass is 10.0. The molecule has 3 rings (SSSR count). The second-order valence-electron chi connectivity index (χ2n) is 6.27. The normalized spacial score (nSPS) is 17.0. The standard InChI is InChI=1S/C16H22N4O2S/c1-9-10(2)23-15-14(9)16(22)20(11(3)18-15)12-4-6-19(7-5-12)8-13(17)21/h12H,4-8H2,1-3H3,(H2,17,21). The van der Waals surface area contributed by atoms with Crippen LogP contribution in [0.3, 0.4) is 0 Å². The van der Waals surface area contributed by atoms with Gasteiger partial charge in [-0.15, -0.1) is 11.3 Å². The Labute approximate surface area is 138 Å². The summed E-state index contributed by atoms with van der Waals surface area (Å²) in [5.41, 5.74) is 6.37. The Kier molecular flexibility index (Phi) is 4.25. The van der Waals surface area contributed by atoms with E-state index in [4.69, 9.17) is 5.73 Å². The number of likely N-dealkylation sites (tertiary alicyclic amines) is 1. The Balaban J connectivity index is 1.93. The van der Waals surface area contributed by atoms with Gasteiger partial charge < -0.3 is 5.73 Å². The van der Waals surface area contributed by atoms with E-state index in [1.54, 1.807) is 11.3 Å². The van der Waals surface area contributed by atoms with Crippen molar-refractivity contribution in [2.45, 2.75) is 39.7 Å². The summed E-state index contributed by atoms with van der Waals surface area (Å²) >= 11 is 1.59. The van der Waals surface area contributed by atoms with E-state index in [2.05, 4.69) is 4.98 Å². The molecule has 0 spiro atoms. The van der Waals surface area contributed by atoms with Gasteiger partial charge in [-0.1, -0.05) is 0 Å². The predicted molar refractivity (Wildman–Crippen MR) is 92.0 cm³/mol. The Hall–Kier alpha value is -1.73. The highest BCUT2D eigenvalue weighted by Crippen LogP contribution is 2.28. The molecule has 1 aliphatic rings. The summed E-state index contributed by atoms with van der Waals surface area (Å²) in [6, 6.07) is 0.142. The highest BCUT2D eigenvalue weighted by atomic mass is 32.1. The van der Waals surface area contributed by atoms with Gasteiger partial charge in [-0.25, -0.2) is 4.98 Å². The molecular formula is C16H22N4O2S. The summed E-state index contributed by atoms with van der Waals surface area (Å²) in [4.78, 5) is 32.7. The number of nitrogens with zero attached hydrogens (tertiary/aromatic N) is 3. The molecule has 1 aliphatic heterocycles. The molecule has 2 aromatic heterocycles. The van der Waals surface area contributed by atoms with Crippen molar-refractivity contribution in [1.82, 2.24) is 14.5 Å². The van der Waals surface area contributed by atoms with Crippen molar-refractivity contribution in [3.8, 4) is 0 Å². The van der Waals surface area contributed by atoms with Gasteiger partial charge in [0, 0.05) is 24.0 Å². The summed E-state index contributed by atoms with van der Waals surface area (Å²) in [6.45, 7) is 7.77. The fourth-order valence-electron chi connectivity index (χ4n) is 3.39. The number of primary amides is 1. The number of rotatable bonds is 3. The van der Waals surface area contributed by atoms with E-state index >= 15 is 0 Å². The van der Waals surface area contributed by atoms with Crippen LogP contribution in [0.4, 0.5) is 0 Å². The van der Waals surface area contributed by atoms with Crippen LogP contribution in [0, 0.1) is 20.8 Å². The number of carbonyl (C=O) groups excluding carboxylic acids is 1. The van der Waals surface area contributed by atoms with Crippen molar-refractivity contribution in [3.63, 3.8) is 0 Å². The lowest BCUT2D eigenvalue weighted by Gasteiger charge is -2.32. The molecule has 2 aromatic rings. The number of thiophene rings is 1. The van der Waals surface area contributed by atoms with Crippen LogP contribution in [0.25, 0.3) is 10.2 Å². The molecule has 2 N–H and O–H groups in total. The molecule has 6 nitrogen and oxygen atoms in total. The van der Waals surface area contributed by atoms with Crippen molar-refractivity contribution in [1.29, 1.82) is 0 Å². The Morgan fingerprint density at radius 2 is 1.96 bits per heavy atom. The SMILES string of the molecule is Cc1sc2nc(C)n(C3CCN(CC(N)=O)CC3)c(=O)c2c1C. The number of piperidine rings is 1. The first kappa shape index (κ1) is 16.1. The molecule has 23 heavy (non-hydrogen) atoms. The van der Waals surface area contributed by atoms with Crippen molar-refractivity contribution in [3.05, 3.63) is 26.6 Å². The predicted octanol–water partition coefficient (Wildman–Crippen LogP) is 1.51. The minimum atomic E-state index is -0.302. The lowest BCUT2D eigenvalue weighted by Crippen LogP contribution is -2.42. The number of aromatic nitrogens is 2. The van der Waals surface area contributed by atoms with E-state index in [1.165, 1.54) is 0 Å². The minimum Gasteiger partial charge on any atom is -0.369 e. The highest BCUT2D eigenvalue weighted by Gasteiger charge is 2.25. The third-order valence-electron chi connectivity index (χ3n) is 4.71. The van der Waals surface area contributed by atoms with E-state index in [-0.39, 0.29) is 17.5 Å². The van der Waals surface area contributed by atoms with Gasteiger partial charge in [-0.05, 0) is 39.2 Å². The molecule has 0 saturated carbocycles. The second kappa shape index (κ2) is 6.05. The largest absolute Gasteiger partial charge is 0.369 e. The molecule has 0 bridgehead atoms. The summed E-state index contributed by atoms with van der Waals surface area (Å²) in [5.74, 6) is 0.473. The van der Waals surface area contributed by atoms with Crippen LogP contribution in [-0.4, -0.2) is 40.0 Å². The fourth-order valence-corrected chi connectivity index (χ4v) is 4.46. The average molecular weight is 334 g/mol. The molecule has 1 amide bonds. The Morgan fingerprint density at radius 3 is 2.57 bits per heavy atom. The average Bonchev–Trinajstić information content (AvgIpc) is 2.75.